The molecule has 1 aromatic heterocycles. The summed E-state index contributed by atoms with van der Waals surface area (Å²) < 4.78 is 5.30. The first-order valence-corrected chi connectivity index (χ1v) is 6.78. The van der Waals surface area contributed by atoms with Crippen molar-refractivity contribution in [1.29, 1.82) is 0 Å². The monoisotopic (exact) mass is 283 g/mol. The van der Waals surface area contributed by atoms with Gasteiger partial charge in [0.25, 0.3) is 0 Å². The van der Waals surface area contributed by atoms with E-state index in [1.807, 2.05) is 13.0 Å². The van der Waals surface area contributed by atoms with E-state index in [9.17, 15) is 0 Å². The molecule has 96 valence electrons. The summed E-state index contributed by atoms with van der Waals surface area (Å²) in [4.78, 5) is 0. The van der Waals surface area contributed by atoms with Gasteiger partial charge < -0.3 is 10.5 Å². The quantitative estimate of drug-likeness (QED) is 0.935. The fraction of sp³-hybridized carbons (Fsp3) is 0.333. The number of benzene rings is 1. The highest BCUT2D eigenvalue weighted by Crippen LogP contribution is 2.35. The van der Waals surface area contributed by atoms with Crippen molar-refractivity contribution in [2.45, 2.75) is 19.4 Å². The number of hydrogen-bond acceptors (Lipinski definition) is 5. The minimum atomic E-state index is -0.0606. The average molecular weight is 284 g/mol. The molecule has 0 aliphatic heterocycles. The highest BCUT2D eigenvalue weighted by molar-refractivity contribution is 7.14. The van der Waals surface area contributed by atoms with Crippen LogP contribution in [0.1, 0.15) is 24.4 Å². The molecule has 0 bridgehead atoms. The predicted molar refractivity (Wildman–Crippen MR) is 74.1 cm³/mol. The largest absolute Gasteiger partial charge is 0.496 e. The van der Waals surface area contributed by atoms with E-state index in [4.69, 9.17) is 22.1 Å². The molecule has 0 aliphatic rings. The predicted octanol–water partition coefficient (Wildman–Crippen LogP) is 3.28. The molecule has 18 heavy (non-hydrogen) atoms. The van der Waals surface area contributed by atoms with Gasteiger partial charge in [-0.15, -0.1) is 10.2 Å². The Morgan fingerprint density at radius 2 is 2.22 bits per heavy atom. The van der Waals surface area contributed by atoms with E-state index >= 15 is 0 Å². The van der Waals surface area contributed by atoms with Gasteiger partial charge >= 0.3 is 0 Å². The van der Waals surface area contributed by atoms with Crippen LogP contribution in [0.5, 0.6) is 5.75 Å². The van der Waals surface area contributed by atoms with Crippen LogP contribution < -0.4 is 10.5 Å². The first kappa shape index (κ1) is 13.3. The Morgan fingerprint density at radius 3 is 2.89 bits per heavy atom. The van der Waals surface area contributed by atoms with Crippen molar-refractivity contribution in [3.8, 4) is 16.3 Å². The van der Waals surface area contributed by atoms with Crippen molar-refractivity contribution in [3.05, 3.63) is 28.2 Å². The minimum absolute atomic E-state index is 0.0606. The van der Waals surface area contributed by atoms with Gasteiger partial charge in [-0.25, -0.2) is 0 Å². The van der Waals surface area contributed by atoms with Crippen LogP contribution in [0.15, 0.2) is 18.2 Å². The molecule has 0 aliphatic carbocycles. The van der Waals surface area contributed by atoms with Gasteiger partial charge in [0, 0.05) is 5.02 Å². The van der Waals surface area contributed by atoms with Crippen LogP contribution in [0.4, 0.5) is 0 Å². The lowest BCUT2D eigenvalue weighted by Gasteiger charge is -2.05. The van der Waals surface area contributed by atoms with Gasteiger partial charge in [0.05, 0.1) is 18.7 Å². The molecule has 2 aromatic rings. The van der Waals surface area contributed by atoms with E-state index in [-0.39, 0.29) is 6.04 Å². The van der Waals surface area contributed by atoms with E-state index < -0.39 is 0 Å². The van der Waals surface area contributed by atoms with Crippen molar-refractivity contribution in [3.63, 3.8) is 0 Å². The first-order valence-electron chi connectivity index (χ1n) is 5.58. The van der Waals surface area contributed by atoms with Crippen molar-refractivity contribution >= 4 is 22.9 Å². The summed E-state index contributed by atoms with van der Waals surface area (Å²) in [6.45, 7) is 2.02. The third-order valence-corrected chi connectivity index (χ3v) is 3.92. The Bertz CT molecular complexity index is 544. The zero-order valence-corrected chi connectivity index (χ0v) is 11.8. The van der Waals surface area contributed by atoms with Crippen LogP contribution in [-0.4, -0.2) is 17.3 Å². The minimum Gasteiger partial charge on any atom is -0.496 e. The molecule has 0 fully saturated rings. The molecule has 1 unspecified atom stereocenters. The summed E-state index contributed by atoms with van der Waals surface area (Å²) in [5.41, 5.74) is 6.82. The van der Waals surface area contributed by atoms with E-state index in [2.05, 4.69) is 10.2 Å². The van der Waals surface area contributed by atoms with Crippen LogP contribution in [0.25, 0.3) is 10.6 Å². The molecule has 0 radical (unpaired) electrons. The van der Waals surface area contributed by atoms with E-state index in [0.29, 0.717) is 10.8 Å². The lowest BCUT2D eigenvalue weighted by atomic mass is 10.2. The lowest BCUT2D eigenvalue weighted by molar-refractivity contribution is 0.416. The standard InChI is InChI=1S/C12H14ClN3OS/c1-3-9(14)12-16-15-11(18-12)8-5-4-7(13)6-10(8)17-2/h4-6,9H,3,14H2,1-2H3. The molecule has 2 N–H and O–H groups in total. The Hall–Kier alpha value is -1.17. The number of nitrogens with two attached hydrogens (primary N) is 1. The molecule has 1 atom stereocenters. The third-order valence-electron chi connectivity index (χ3n) is 2.59. The summed E-state index contributed by atoms with van der Waals surface area (Å²) in [7, 11) is 1.61. The topological polar surface area (TPSA) is 61.0 Å². The molecule has 0 saturated carbocycles. The SMILES string of the molecule is CCC(N)c1nnc(-c2ccc(Cl)cc2OC)s1. The average Bonchev–Trinajstić information content (AvgIpc) is 2.87. The third kappa shape index (κ3) is 2.63. The summed E-state index contributed by atoms with van der Waals surface area (Å²) in [5.74, 6) is 0.690. The fourth-order valence-electron chi connectivity index (χ4n) is 1.51. The van der Waals surface area contributed by atoms with Gasteiger partial charge in [0.2, 0.25) is 0 Å². The van der Waals surface area contributed by atoms with Crippen LogP contribution in [0.2, 0.25) is 5.02 Å². The molecule has 1 heterocycles. The van der Waals surface area contributed by atoms with E-state index in [0.717, 1.165) is 22.0 Å². The van der Waals surface area contributed by atoms with E-state index in [1.54, 1.807) is 19.2 Å². The number of nitrogens with zero attached hydrogens (tertiary/aromatic N) is 2. The second-order valence-corrected chi connectivity index (χ2v) is 5.25. The van der Waals surface area contributed by atoms with Crippen LogP contribution in [-0.2, 0) is 0 Å². The number of rotatable bonds is 4. The summed E-state index contributed by atoms with van der Waals surface area (Å²) in [5, 5.41) is 10.5. The molecular weight excluding hydrogens is 270 g/mol. The summed E-state index contributed by atoms with van der Waals surface area (Å²) in [6.07, 6.45) is 0.840. The maximum atomic E-state index is 5.94. The highest BCUT2D eigenvalue weighted by atomic mass is 35.5. The molecule has 6 heteroatoms. The number of ether oxygens (including phenoxy) is 1. The van der Waals surface area contributed by atoms with Crippen LogP contribution in [0.3, 0.4) is 0 Å². The molecule has 0 saturated heterocycles. The van der Waals surface area contributed by atoms with Gasteiger partial charge in [-0.05, 0) is 24.6 Å². The van der Waals surface area contributed by atoms with Gasteiger partial charge in [-0.1, -0.05) is 29.9 Å². The van der Waals surface area contributed by atoms with Gasteiger partial charge in [-0.2, -0.15) is 0 Å². The molecule has 4 nitrogen and oxygen atoms in total. The number of methoxy groups -OCH3 is 1. The summed E-state index contributed by atoms with van der Waals surface area (Å²) in [6, 6.07) is 5.38. The van der Waals surface area contributed by atoms with Crippen molar-refractivity contribution in [1.82, 2.24) is 10.2 Å². The fourth-order valence-corrected chi connectivity index (χ4v) is 2.63. The number of halogens is 1. The zero-order chi connectivity index (χ0) is 13.1. The summed E-state index contributed by atoms with van der Waals surface area (Å²) >= 11 is 7.41. The first-order chi connectivity index (χ1) is 8.65. The maximum Gasteiger partial charge on any atom is 0.151 e. The molecule has 2 rings (SSSR count). The molecule has 0 spiro atoms. The smallest absolute Gasteiger partial charge is 0.151 e. The number of hydrogen-bond donors (Lipinski definition) is 1. The van der Waals surface area contributed by atoms with Gasteiger partial charge in [0.15, 0.2) is 5.01 Å². The Morgan fingerprint density at radius 1 is 1.44 bits per heavy atom. The molecular formula is C12H14ClN3OS. The van der Waals surface area contributed by atoms with E-state index in [1.165, 1.54) is 11.3 Å². The lowest BCUT2D eigenvalue weighted by Crippen LogP contribution is -2.07. The Kier molecular flexibility index (Phi) is 4.16. The normalized spacial score (nSPS) is 12.4. The van der Waals surface area contributed by atoms with Crippen molar-refractivity contribution in [2.75, 3.05) is 7.11 Å². The van der Waals surface area contributed by atoms with Crippen molar-refractivity contribution < 1.29 is 4.74 Å². The van der Waals surface area contributed by atoms with Crippen LogP contribution >= 0.6 is 22.9 Å². The van der Waals surface area contributed by atoms with Crippen molar-refractivity contribution in [2.24, 2.45) is 5.73 Å². The molecule has 0 amide bonds. The molecule has 1 aromatic carbocycles. The Labute approximate surface area is 115 Å². The highest BCUT2D eigenvalue weighted by Gasteiger charge is 2.15. The Balaban J connectivity index is 2.39. The van der Waals surface area contributed by atoms with Crippen LogP contribution in [0, 0.1) is 0 Å². The second kappa shape index (κ2) is 5.65. The zero-order valence-electron chi connectivity index (χ0n) is 10.2. The maximum absolute atomic E-state index is 5.94. The van der Waals surface area contributed by atoms with Gasteiger partial charge in [-0.3, -0.25) is 0 Å². The second-order valence-electron chi connectivity index (χ2n) is 3.80. The van der Waals surface area contributed by atoms with Gasteiger partial charge in [0.1, 0.15) is 10.8 Å². The number of aromatic nitrogens is 2.